The van der Waals surface area contributed by atoms with Crippen molar-refractivity contribution in [3.05, 3.63) is 148 Å². The Morgan fingerprint density at radius 3 is 1.72 bits per heavy atom. The van der Waals surface area contributed by atoms with Gasteiger partial charge in [-0.1, -0.05) is 103 Å². The zero-order valence-electron chi connectivity index (χ0n) is 20.1. The Morgan fingerprint density at radius 2 is 1.28 bits per heavy atom. The molecule has 1 N–H and O–H groups in total. The van der Waals surface area contributed by atoms with E-state index in [1.54, 1.807) is 12.1 Å². The molecule has 0 radical (unpaired) electrons. The molecule has 1 heterocycles. The third-order valence-corrected chi connectivity index (χ3v) is 7.34. The van der Waals surface area contributed by atoms with E-state index in [1.165, 1.54) is 12.1 Å². The Hall–Kier alpha value is -3.80. The molecule has 182 valence electrons. The first-order valence-electron chi connectivity index (χ1n) is 12.5. The smallest absolute Gasteiger partial charge is 0.269 e. The summed E-state index contributed by atoms with van der Waals surface area (Å²) in [4.78, 5) is 13.1. The molecule has 4 aromatic carbocycles. The fourth-order valence-electron chi connectivity index (χ4n) is 5.78. The molecule has 5 heteroatoms. The average Bonchev–Trinajstić information content (AvgIpc) is 3.42. The van der Waals surface area contributed by atoms with Crippen LogP contribution in [0.3, 0.4) is 0 Å². The Bertz CT molecular complexity index is 1180. The van der Waals surface area contributed by atoms with Gasteiger partial charge in [0.25, 0.3) is 5.69 Å². The molecule has 1 saturated heterocycles. The van der Waals surface area contributed by atoms with Gasteiger partial charge >= 0.3 is 0 Å². The second-order valence-electron chi connectivity index (χ2n) is 9.41. The van der Waals surface area contributed by atoms with Gasteiger partial charge in [-0.05, 0) is 41.5 Å². The lowest BCUT2D eigenvalue weighted by molar-refractivity contribution is -0.384. The van der Waals surface area contributed by atoms with E-state index in [0.717, 1.165) is 41.6 Å². The number of likely N-dealkylation sites (tertiary alicyclic amines) is 1. The van der Waals surface area contributed by atoms with Gasteiger partial charge in [0, 0.05) is 24.7 Å². The first-order valence-corrected chi connectivity index (χ1v) is 12.5. The Balaban J connectivity index is 1.60. The van der Waals surface area contributed by atoms with Crippen LogP contribution >= 0.6 is 0 Å². The molecular formula is C31H30N2O3. The van der Waals surface area contributed by atoms with Crippen LogP contribution in [0.2, 0.25) is 0 Å². The van der Waals surface area contributed by atoms with Gasteiger partial charge in [0.2, 0.25) is 0 Å². The van der Waals surface area contributed by atoms with Crippen LogP contribution in [0, 0.1) is 10.1 Å². The summed E-state index contributed by atoms with van der Waals surface area (Å²) in [6.45, 7) is 0.848. The highest BCUT2D eigenvalue weighted by molar-refractivity contribution is 5.50. The van der Waals surface area contributed by atoms with Crippen LogP contribution < -0.4 is 0 Å². The summed E-state index contributed by atoms with van der Waals surface area (Å²) in [6, 6.07) is 38.1. The molecule has 0 aromatic heterocycles. The highest BCUT2D eigenvalue weighted by Gasteiger charge is 2.48. The van der Waals surface area contributed by atoms with Crippen molar-refractivity contribution < 1.29 is 10.0 Å². The van der Waals surface area contributed by atoms with Crippen LogP contribution in [0.15, 0.2) is 115 Å². The minimum absolute atomic E-state index is 0.0620. The van der Waals surface area contributed by atoms with Gasteiger partial charge in [-0.2, -0.15) is 0 Å². The number of nitrogens with zero attached hydrogens (tertiary/aromatic N) is 2. The third kappa shape index (κ3) is 4.43. The molecule has 0 bridgehead atoms. The first kappa shape index (κ1) is 23.9. The Labute approximate surface area is 211 Å². The normalized spacial score (nSPS) is 17.1. The molecule has 4 aromatic rings. The van der Waals surface area contributed by atoms with E-state index >= 15 is 0 Å². The lowest BCUT2D eigenvalue weighted by Crippen LogP contribution is -2.54. The molecule has 1 unspecified atom stereocenters. The molecule has 1 fully saturated rings. The maximum atomic E-state index is 11.6. The molecule has 2 atom stereocenters. The molecule has 0 amide bonds. The van der Waals surface area contributed by atoms with Gasteiger partial charge in [-0.25, -0.2) is 0 Å². The van der Waals surface area contributed by atoms with Crippen LogP contribution in [0.1, 0.15) is 35.1 Å². The summed E-state index contributed by atoms with van der Waals surface area (Å²) in [7, 11) is 0. The largest absolute Gasteiger partial charge is 0.391 e. The van der Waals surface area contributed by atoms with Crippen LogP contribution in [0.5, 0.6) is 0 Å². The molecule has 5 rings (SSSR count). The number of nitro benzene ring substituents is 1. The second kappa shape index (κ2) is 10.4. The molecule has 36 heavy (non-hydrogen) atoms. The van der Waals surface area contributed by atoms with E-state index < -0.39 is 16.6 Å². The zero-order valence-corrected chi connectivity index (χ0v) is 20.1. The number of nitro groups is 1. The summed E-state index contributed by atoms with van der Waals surface area (Å²) < 4.78 is 0. The zero-order chi connectivity index (χ0) is 25.0. The fraction of sp³-hybridized carbons (Fsp3) is 0.226. The van der Waals surface area contributed by atoms with Gasteiger partial charge in [-0.15, -0.1) is 0 Å². The number of aliphatic hydroxyl groups is 1. The Morgan fingerprint density at radius 1 is 0.806 bits per heavy atom. The number of benzene rings is 4. The van der Waals surface area contributed by atoms with Crippen molar-refractivity contribution in [3.8, 4) is 0 Å². The predicted octanol–water partition coefficient (Wildman–Crippen LogP) is 5.95. The molecule has 1 aliphatic heterocycles. The fourth-order valence-corrected chi connectivity index (χ4v) is 5.78. The standard InChI is InChI=1S/C31H30N2O3/c34-30(23-24-18-20-28(21-19-24)33(35)36)29-17-10-22-32(29)31(25-11-4-1-5-12-25,26-13-6-2-7-14-26)27-15-8-3-9-16-27/h1-9,11-16,18-21,29-30,34H,10,17,22-23H2/t29-,30?/m0/s1. The van der Waals surface area contributed by atoms with E-state index in [-0.39, 0.29) is 11.7 Å². The molecule has 0 spiro atoms. The SMILES string of the molecule is O=[N+]([O-])c1ccc(CC(O)[C@@H]2CCCN2C(c2ccccc2)(c2ccccc2)c2ccccc2)cc1. The maximum absolute atomic E-state index is 11.6. The predicted molar refractivity (Wildman–Crippen MR) is 142 cm³/mol. The topological polar surface area (TPSA) is 66.6 Å². The lowest BCUT2D eigenvalue weighted by Gasteiger charge is -2.47. The van der Waals surface area contributed by atoms with Crippen molar-refractivity contribution in [3.63, 3.8) is 0 Å². The van der Waals surface area contributed by atoms with Crippen molar-refractivity contribution in [2.75, 3.05) is 6.54 Å². The van der Waals surface area contributed by atoms with E-state index in [2.05, 4.69) is 77.7 Å². The van der Waals surface area contributed by atoms with Crippen LogP contribution in [0.25, 0.3) is 0 Å². The second-order valence-corrected chi connectivity index (χ2v) is 9.41. The van der Waals surface area contributed by atoms with Crippen molar-refractivity contribution in [1.82, 2.24) is 4.90 Å². The minimum atomic E-state index is -0.621. The molecule has 0 saturated carbocycles. The van der Waals surface area contributed by atoms with Gasteiger partial charge in [0.1, 0.15) is 0 Å². The monoisotopic (exact) mass is 478 g/mol. The van der Waals surface area contributed by atoms with Crippen LogP contribution in [-0.2, 0) is 12.0 Å². The van der Waals surface area contributed by atoms with E-state index in [9.17, 15) is 15.2 Å². The van der Waals surface area contributed by atoms with Crippen molar-refractivity contribution in [2.24, 2.45) is 0 Å². The summed E-state index contributed by atoms with van der Waals surface area (Å²) in [5.74, 6) is 0. The number of non-ortho nitro benzene ring substituents is 1. The van der Waals surface area contributed by atoms with E-state index in [4.69, 9.17) is 0 Å². The lowest BCUT2D eigenvalue weighted by atomic mass is 9.74. The highest BCUT2D eigenvalue weighted by atomic mass is 16.6. The van der Waals surface area contributed by atoms with Gasteiger partial charge in [-0.3, -0.25) is 15.0 Å². The van der Waals surface area contributed by atoms with Crippen molar-refractivity contribution in [1.29, 1.82) is 0 Å². The average molecular weight is 479 g/mol. The number of aliphatic hydroxyl groups excluding tert-OH is 1. The van der Waals surface area contributed by atoms with Gasteiger partial charge in [0.05, 0.1) is 16.6 Å². The maximum Gasteiger partial charge on any atom is 0.269 e. The molecular weight excluding hydrogens is 448 g/mol. The number of hydrogen-bond donors (Lipinski definition) is 1. The van der Waals surface area contributed by atoms with Crippen molar-refractivity contribution >= 4 is 5.69 Å². The summed E-state index contributed by atoms with van der Waals surface area (Å²) in [5.41, 5.74) is 3.88. The van der Waals surface area contributed by atoms with E-state index in [1.807, 2.05) is 18.2 Å². The molecule has 1 aliphatic rings. The molecule has 5 nitrogen and oxygen atoms in total. The minimum Gasteiger partial charge on any atom is -0.391 e. The summed E-state index contributed by atoms with van der Waals surface area (Å²) in [6.07, 6.45) is 1.68. The van der Waals surface area contributed by atoms with E-state index in [0.29, 0.717) is 6.42 Å². The quantitative estimate of drug-likeness (QED) is 0.193. The number of rotatable bonds is 8. The third-order valence-electron chi connectivity index (χ3n) is 7.34. The highest BCUT2D eigenvalue weighted by Crippen LogP contribution is 2.46. The summed E-state index contributed by atoms with van der Waals surface area (Å²) >= 11 is 0. The van der Waals surface area contributed by atoms with Crippen LogP contribution in [0.4, 0.5) is 5.69 Å². The summed E-state index contributed by atoms with van der Waals surface area (Å²) in [5, 5.41) is 22.6. The van der Waals surface area contributed by atoms with Crippen molar-refractivity contribution in [2.45, 2.75) is 36.9 Å². The number of hydrogen-bond acceptors (Lipinski definition) is 4. The van der Waals surface area contributed by atoms with Crippen LogP contribution in [-0.4, -0.2) is 33.6 Å². The Kier molecular flexibility index (Phi) is 6.94. The molecule has 0 aliphatic carbocycles. The van der Waals surface area contributed by atoms with Gasteiger partial charge in [0.15, 0.2) is 0 Å². The first-order chi connectivity index (χ1) is 17.6. The van der Waals surface area contributed by atoms with Gasteiger partial charge < -0.3 is 5.11 Å².